The number of ether oxygens (including phenoxy) is 1. The molecule has 0 heterocycles. The number of nitrogens with two attached hydrogens (primary N) is 1. The molecule has 0 radical (unpaired) electrons. The monoisotopic (exact) mass is 181 g/mol. The predicted octanol–water partition coefficient (Wildman–Crippen LogP) is 1.54. The molecule has 0 amide bonds. The van der Waals surface area contributed by atoms with Crippen molar-refractivity contribution in [3.05, 3.63) is 0 Å². The van der Waals surface area contributed by atoms with Crippen LogP contribution in [-0.2, 0) is 4.74 Å². The maximum absolute atomic E-state index is 5.88. The Kier molecular flexibility index (Phi) is 3.35. The molecule has 0 aliphatic heterocycles. The lowest BCUT2D eigenvalue weighted by molar-refractivity contribution is -0.0540. The van der Waals surface area contributed by atoms with Gasteiger partial charge in [0.15, 0.2) is 0 Å². The Hall–Kier alpha value is -0.520. The van der Waals surface area contributed by atoms with Gasteiger partial charge in [-0.25, -0.2) is 0 Å². The summed E-state index contributed by atoms with van der Waals surface area (Å²) in [5, 5.41) is 0. The standard InChI is InChI=1S/C11H19NO/c1-4-10(12)11(13-3)7-5-9(2)6-8-11/h1,9-10H,5-8,12H2,2-3H3. The highest BCUT2D eigenvalue weighted by Gasteiger charge is 2.38. The second-order valence-corrected chi connectivity index (χ2v) is 4.10. The van der Waals surface area contributed by atoms with Crippen LogP contribution in [0.15, 0.2) is 0 Å². The summed E-state index contributed by atoms with van der Waals surface area (Å²) in [7, 11) is 1.72. The first kappa shape index (κ1) is 10.6. The van der Waals surface area contributed by atoms with Crippen LogP contribution in [0.1, 0.15) is 32.6 Å². The van der Waals surface area contributed by atoms with Crippen molar-refractivity contribution in [1.29, 1.82) is 0 Å². The molecule has 2 nitrogen and oxygen atoms in total. The van der Waals surface area contributed by atoms with Crippen LogP contribution in [-0.4, -0.2) is 18.8 Å². The molecule has 74 valence electrons. The summed E-state index contributed by atoms with van der Waals surface area (Å²) < 4.78 is 5.51. The molecule has 1 aliphatic rings. The van der Waals surface area contributed by atoms with Crippen LogP contribution < -0.4 is 5.73 Å². The van der Waals surface area contributed by atoms with Gasteiger partial charge in [0.1, 0.15) is 0 Å². The molecule has 1 unspecified atom stereocenters. The summed E-state index contributed by atoms with van der Waals surface area (Å²) in [5.41, 5.74) is 5.63. The van der Waals surface area contributed by atoms with Gasteiger partial charge < -0.3 is 10.5 Å². The molecule has 0 spiro atoms. The fourth-order valence-corrected chi connectivity index (χ4v) is 2.04. The van der Waals surface area contributed by atoms with E-state index in [1.54, 1.807) is 7.11 Å². The molecular formula is C11H19NO. The van der Waals surface area contributed by atoms with Crippen molar-refractivity contribution in [3.63, 3.8) is 0 Å². The van der Waals surface area contributed by atoms with Gasteiger partial charge in [-0.3, -0.25) is 0 Å². The fraction of sp³-hybridized carbons (Fsp3) is 0.818. The largest absolute Gasteiger partial charge is 0.376 e. The molecule has 0 aromatic heterocycles. The van der Waals surface area contributed by atoms with Crippen molar-refractivity contribution < 1.29 is 4.74 Å². The van der Waals surface area contributed by atoms with Gasteiger partial charge in [0.05, 0.1) is 11.6 Å². The zero-order chi connectivity index (χ0) is 9.90. The van der Waals surface area contributed by atoms with Crippen LogP contribution in [0.3, 0.4) is 0 Å². The number of hydrogen-bond acceptors (Lipinski definition) is 2. The van der Waals surface area contributed by atoms with Gasteiger partial charge in [0.25, 0.3) is 0 Å². The van der Waals surface area contributed by atoms with Crippen LogP contribution in [0.4, 0.5) is 0 Å². The van der Waals surface area contributed by atoms with Gasteiger partial charge >= 0.3 is 0 Å². The summed E-state index contributed by atoms with van der Waals surface area (Å²) in [4.78, 5) is 0. The highest BCUT2D eigenvalue weighted by atomic mass is 16.5. The molecule has 0 aromatic carbocycles. The molecule has 1 fully saturated rings. The van der Waals surface area contributed by atoms with Gasteiger partial charge in [-0.05, 0) is 31.6 Å². The van der Waals surface area contributed by atoms with Gasteiger partial charge in [-0.2, -0.15) is 0 Å². The van der Waals surface area contributed by atoms with Crippen LogP contribution in [0.25, 0.3) is 0 Å². The van der Waals surface area contributed by atoms with E-state index in [0.29, 0.717) is 0 Å². The molecule has 2 heteroatoms. The van der Waals surface area contributed by atoms with Gasteiger partial charge in [0.2, 0.25) is 0 Å². The molecule has 1 aliphatic carbocycles. The highest BCUT2D eigenvalue weighted by Crippen LogP contribution is 2.35. The second-order valence-electron chi connectivity index (χ2n) is 4.10. The first-order valence-electron chi connectivity index (χ1n) is 4.91. The van der Waals surface area contributed by atoms with Crippen molar-refractivity contribution >= 4 is 0 Å². The van der Waals surface area contributed by atoms with Crippen LogP contribution >= 0.6 is 0 Å². The molecule has 1 rings (SSSR count). The van der Waals surface area contributed by atoms with E-state index in [1.165, 1.54) is 12.8 Å². The molecule has 2 N–H and O–H groups in total. The van der Waals surface area contributed by atoms with E-state index in [0.717, 1.165) is 18.8 Å². The van der Waals surface area contributed by atoms with Gasteiger partial charge in [0, 0.05) is 7.11 Å². The predicted molar refractivity (Wildman–Crippen MR) is 54.2 cm³/mol. The maximum atomic E-state index is 5.88. The quantitative estimate of drug-likeness (QED) is 0.656. The SMILES string of the molecule is C#CC(N)C1(OC)CCC(C)CC1. The van der Waals surface area contributed by atoms with Crippen molar-refractivity contribution in [3.8, 4) is 12.3 Å². The lowest BCUT2D eigenvalue weighted by Crippen LogP contribution is -2.50. The number of terminal acetylenes is 1. The van der Waals surface area contributed by atoms with Gasteiger partial charge in [-0.1, -0.05) is 12.8 Å². The van der Waals surface area contributed by atoms with E-state index in [9.17, 15) is 0 Å². The summed E-state index contributed by atoms with van der Waals surface area (Å²) in [6, 6.07) is -0.259. The molecule has 1 saturated carbocycles. The topological polar surface area (TPSA) is 35.2 Å². The van der Waals surface area contributed by atoms with E-state index in [2.05, 4.69) is 12.8 Å². The maximum Gasteiger partial charge on any atom is 0.0956 e. The third-order valence-corrected chi connectivity index (χ3v) is 3.27. The van der Waals surface area contributed by atoms with Crippen molar-refractivity contribution in [2.24, 2.45) is 11.7 Å². The Balaban J connectivity index is 2.67. The van der Waals surface area contributed by atoms with Crippen LogP contribution in [0, 0.1) is 18.3 Å². The Bertz CT molecular complexity index is 199. The van der Waals surface area contributed by atoms with E-state index in [-0.39, 0.29) is 11.6 Å². The first-order valence-corrected chi connectivity index (χ1v) is 4.91. The summed E-state index contributed by atoms with van der Waals surface area (Å²) >= 11 is 0. The minimum Gasteiger partial charge on any atom is -0.376 e. The van der Waals surface area contributed by atoms with E-state index >= 15 is 0 Å². The summed E-state index contributed by atoms with van der Waals surface area (Å²) in [6.45, 7) is 2.26. The highest BCUT2D eigenvalue weighted by molar-refractivity contribution is 5.10. The van der Waals surface area contributed by atoms with Crippen molar-refractivity contribution in [2.75, 3.05) is 7.11 Å². The van der Waals surface area contributed by atoms with Crippen LogP contribution in [0.5, 0.6) is 0 Å². The Morgan fingerprint density at radius 2 is 2.08 bits per heavy atom. The van der Waals surface area contributed by atoms with Gasteiger partial charge in [-0.15, -0.1) is 6.42 Å². The van der Waals surface area contributed by atoms with E-state index in [4.69, 9.17) is 16.9 Å². The third kappa shape index (κ3) is 2.04. The zero-order valence-corrected chi connectivity index (χ0v) is 8.55. The minimum absolute atomic E-state index is 0.249. The number of methoxy groups -OCH3 is 1. The van der Waals surface area contributed by atoms with Crippen molar-refractivity contribution in [1.82, 2.24) is 0 Å². The molecule has 13 heavy (non-hydrogen) atoms. The molecular weight excluding hydrogens is 162 g/mol. The third-order valence-electron chi connectivity index (χ3n) is 3.27. The smallest absolute Gasteiger partial charge is 0.0956 e. The number of rotatable bonds is 2. The molecule has 0 bridgehead atoms. The van der Waals surface area contributed by atoms with E-state index in [1.807, 2.05) is 0 Å². The van der Waals surface area contributed by atoms with Crippen LogP contribution in [0.2, 0.25) is 0 Å². The molecule has 0 aromatic rings. The lowest BCUT2D eigenvalue weighted by atomic mass is 9.76. The normalized spacial score (nSPS) is 36.6. The average Bonchev–Trinajstić information content (AvgIpc) is 2.18. The Morgan fingerprint density at radius 3 is 2.46 bits per heavy atom. The fourth-order valence-electron chi connectivity index (χ4n) is 2.04. The van der Waals surface area contributed by atoms with Crippen molar-refractivity contribution in [2.45, 2.75) is 44.2 Å². The Labute approximate surface area is 80.8 Å². The summed E-state index contributed by atoms with van der Waals surface area (Å²) in [5.74, 6) is 3.38. The number of hydrogen-bond donors (Lipinski definition) is 1. The second kappa shape index (κ2) is 4.13. The minimum atomic E-state index is -0.259. The van der Waals surface area contributed by atoms with E-state index < -0.39 is 0 Å². The first-order chi connectivity index (χ1) is 6.14. The summed E-state index contributed by atoms with van der Waals surface area (Å²) in [6.07, 6.45) is 9.68. The molecule has 0 saturated heterocycles. The Morgan fingerprint density at radius 1 is 1.54 bits per heavy atom. The molecule has 1 atom stereocenters. The lowest BCUT2D eigenvalue weighted by Gasteiger charge is -2.40. The zero-order valence-electron chi connectivity index (χ0n) is 8.55. The average molecular weight is 181 g/mol.